The van der Waals surface area contributed by atoms with Crippen LogP contribution in [-0.4, -0.2) is 51.1 Å². The quantitative estimate of drug-likeness (QED) is 0.768. The largest absolute Gasteiger partial charge is 0.497 e. The van der Waals surface area contributed by atoms with Gasteiger partial charge in [0, 0.05) is 25.4 Å². The van der Waals surface area contributed by atoms with Crippen molar-refractivity contribution in [3.8, 4) is 17.2 Å². The highest BCUT2D eigenvalue weighted by Crippen LogP contribution is 2.32. The molecule has 8 heteroatoms. The lowest BCUT2D eigenvalue weighted by atomic mass is 10.1. The summed E-state index contributed by atoms with van der Waals surface area (Å²) in [7, 11) is -0.721. The van der Waals surface area contributed by atoms with Gasteiger partial charge >= 0.3 is 0 Å². The molecule has 26 heavy (non-hydrogen) atoms. The number of aromatic nitrogens is 1. The summed E-state index contributed by atoms with van der Waals surface area (Å²) in [4.78, 5) is 4.14. The van der Waals surface area contributed by atoms with E-state index in [0.717, 1.165) is 0 Å². The van der Waals surface area contributed by atoms with Crippen molar-refractivity contribution >= 4 is 10.0 Å². The van der Waals surface area contributed by atoms with Crippen LogP contribution in [0.4, 0.5) is 0 Å². The first-order chi connectivity index (χ1) is 12.5. The molecule has 0 unspecified atom stereocenters. The molecule has 2 heterocycles. The van der Waals surface area contributed by atoms with Crippen LogP contribution in [0.5, 0.6) is 17.2 Å². The first kappa shape index (κ1) is 18.5. The summed E-state index contributed by atoms with van der Waals surface area (Å²) in [6, 6.07) is 8.42. The van der Waals surface area contributed by atoms with Gasteiger partial charge in [-0.2, -0.15) is 4.31 Å². The van der Waals surface area contributed by atoms with E-state index in [0.29, 0.717) is 43.2 Å². The lowest BCUT2D eigenvalue weighted by molar-refractivity contribution is 0.134. The molecule has 7 nitrogen and oxygen atoms in total. The van der Waals surface area contributed by atoms with Crippen molar-refractivity contribution in [2.75, 3.05) is 27.3 Å². The molecule has 1 aromatic carbocycles. The van der Waals surface area contributed by atoms with Gasteiger partial charge in [0.2, 0.25) is 10.0 Å². The molecule has 0 N–H and O–H groups in total. The van der Waals surface area contributed by atoms with Gasteiger partial charge in [0.15, 0.2) is 0 Å². The molecule has 3 rings (SSSR count). The Labute approximate surface area is 153 Å². The van der Waals surface area contributed by atoms with Crippen molar-refractivity contribution in [3.63, 3.8) is 0 Å². The Morgan fingerprint density at radius 1 is 1.08 bits per heavy atom. The minimum atomic E-state index is -3.67. The fourth-order valence-corrected chi connectivity index (χ4v) is 4.56. The van der Waals surface area contributed by atoms with Crippen LogP contribution in [0.25, 0.3) is 0 Å². The topological polar surface area (TPSA) is 78.0 Å². The van der Waals surface area contributed by atoms with Crippen LogP contribution in [0.3, 0.4) is 0 Å². The van der Waals surface area contributed by atoms with E-state index in [4.69, 9.17) is 14.2 Å². The standard InChI is InChI=1S/C18H22N2O5S/c1-23-15-5-6-17(24-2)18(12-15)26(21,22)20-10-7-14(8-11-20)25-16-4-3-9-19-13-16/h3-6,9,12-14H,7-8,10-11H2,1-2H3. The molecule has 0 saturated carbocycles. The van der Waals surface area contributed by atoms with Crippen molar-refractivity contribution in [1.29, 1.82) is 0 Å². The van der Waals surface area contributed by atoms with Crippen LogP contribution in [0.2, 0.25) is 0 Å². The molecule has 1 aromatic heterocycles. The van der Waals surface area contributed by atoms with E-state index in [1.165, 1.54) is 24.6 Å². The van der Waals surface area contributed by atoms with Gasteiger partial charge in [0.1, 0.15) is 28.2 Å². The zero-order valence-electron chi connectivity index (χ0n) is 14.8. The summed E-state index contributed by atoms with van der Waals surface area (Å²) in [5, 5.41) is 0. The number of rotatable bonds is 6. The first-order valence-corrected chi connectivity index (χ1v) is 9.77. The van der Waals surface area contributed by atoms with Crippen LogP contribution in [0.1, 0.15) is 12.8 Å². The van der Waals surface area contributed by atoms with Crippen molar-refractivity contribution in [1.82, 2.24) is 9.29 Å². The highest BCUT2D eigenvalue weighted by molar-refractivity contribution is 7.89. The monoisotopic (exact) mass is 378 g/mol. The maximum Gasteiger partial charge on any atom is 0.246 e. The molecule has 1 aliphatic rings. The number of hydrogen-bond acceptors (Lipinski definition) is 6. The average Bonchev–Trinajstić information content (AvgIpc) is 2.68. The Hall–Kier alpha value is -2.32. The van der Waals surface area contributed by atoms with Crippen LogP contribution in [0.15, 0.2) is 47.6 Å². The van der Waals surface area contributed by atoms with Crippen LogP contribution >= 0.6 is 0 Å². The molecule has 0 atom stereocenters. The minimum absolute atomic E-state index is 0.0298. The van der Waals surface area contributed by atoms with Crippen LogP contribution in [-0.2, 0) is 10.0 Å². The van der Waals surface area contributed by atoms with Gasteiger partial charge in [-0.1, -0.05) is 0 Å². The zero-order chi connectivity index (χ0) is 18.6. The molecule has 0 radical (unpaired) electrons. The van der Waals surface area contributed by atoms with Crippen molar-refractivity contribution < 1.29 is 22.6 Å². The third-order valence-corrected chi connectivity index (χ3v) is 6.25. The summed E-state index contributed by atoms with van der Waals surface area (Å²) in [5.41, 5.74) is 0. The summed E-state index contributed by atoms with van der Waals surface area (Å²) in [5.74, 6) is 1.47. The van der Waals surface area contributed by atoms with Crippen molar-refractivity contribution in [3.05, 3.63) is 42.7 Å². The number of nitrogens with zero attached hydrogens (tertiary/aromatic N) is 2. The van der Waals surface area contributed by atoms with E-state index < -0.39 is 10.0 Å². The maximum atomic E-state index is 13.0. The number of pyridine rings is 1. The van der Waals surface area contributed by atoms with E-state index in [1.807, 2.05) is 12.1 Å². The van der Waals surface area contributed by atoms with Crippen molar-refractivity contribution in [2.24, 2.45) is 0 Å². The smallest absolute Gasteiger partial charge is 0.246 e. The fourth-order valence-electron chi connectivity index (χ4n) is 2.92. The second-order valence-electron chi connectivity index (χ2n) is 5.93. The first-order valence-electron chi connectivity index (χ1n) is 8.33. The lowest BCUT2D eigenvalue weighted by Gasteiger charge is -2.31. The number of methoxy groups -OCH3 is 2. The molecule has 0 aliphatic carbocycles. The third-order valence-electron chi connectivity index (χ3n) is 4.33. The van der Waals surface area contributed by atoms with E-state index in [-0.39, 0.29) is 11.0 Å². The molecule has 1 fully saturated rings. The van der Waals surface area contributed by atoms with E-state index >= 15 is 0 Å². The van der Waals surface area contributed by atoms with Crippen molar-refractivity contribution in [2.45, 2.75) is 23.8 Å². The minimum Gasteiger partial charge on any atom is -0.497 e. The average molecular weight is 378 g/mol. The molecule has 2 aromatic rings. The van der Waals surface area contributed by atoms with Crippen LogP contribution in [0, 0.1) is 0 Å². The van der Waals surface area contributed by atoms with Gasteiger partial charge in [-0.25, -0.2) is 8.42 Å². The molecule has 140 valence electrons. The van der Waals surface area contributed by atoms with Gasteiger partial charge in [-0.05, 0) is 37.1 Å². The Morgan fingerprint density at radius 2 is 1.85 bits per heavy atom. The molecule has 0 amide bonds. The Bertz CT molecular complexity index is 834. The van der Waals surface area contributed by atoms with E-state index in [1.54, 1.807) is 24.5 Å². The predicted octanol–water partition coefficient (Wildman–Crippen LogP) is 2.33. The fraction of sp³-hybridized carbons (Fsp3) is 0.389. The Morgan fingerprint density at radius 3 is 2.46 bits per heavy atom. The third kappa shape index (κ3) is 3.91. The second-order valence-corrected chi connectivity index (χ2v) is 7.83. The molecule has 0 spiro atoms. The number of hydrogen-bond donors (Lipinski definition) is 0. The summed E-state index contributed by atoms with van der Waals surface area (Å²) in [6.45, 7) is 0.765. The SMILES string of the molecule is COc1ccc(OC)c(S(=O)(=O)N2CCC(Oc3cccnc3)CC2)c1. The maximum absolute atomic E-state index is 13.0. The van der Waals surface area contributed by atoms with E-state index in [2.05, 4.69) is 4.98 Å². The molecular weight excluding hydrogens is 356 g/mol. The highest BCUT2D eigenvalue weighted by atomic mass is 32.2. The number of benzene rings is 1. The number of ether oxygens (including phenoxy) is 3. The van der Waals surface area contributed by atoms with Gasteiger partial charge in [0.25, 0.3) is 0 Å². The number of piperidine rings is 1. The normalized spacial score (nSPS) is 16.2. The van der Waals surface area contributed by atoms with Crippen LogP contribution < -0.4 is 14.2 Å². The predicted molar refractivity (Wildman–Crippen MR) is 96.2 cm³/mol. The highest BCUT2D eigenvalue weighted by Gasteiger charge is 2.32. The van der Waals surface area contributed by atoms with Gasteiger partial charge < -0.3 is 14.2 Å². The Balaban J connectivity index is 1.72. The summed E-state index contributed by atoms with van der Waals surface area (Å²) in [6.07, 6.45) is 4.53. The molecule has 1 saturated heterocycles. The lowest BCUT2D eigenvalue weighted by Crippen LogP contribution is -2.41. The van der Waals surface area contributed by atoms with E-state index in [9.17, 15) is 8.42 Å². The Kier molecular flexibility index (Phi) is 5.63. The zero-order valence-corrected chi connectivity index (χ0v) is 15.6. The van der Waals surface area contributed by atoms with Gasteiger partial charge in [-0.3, -0.25) is 4.98 Å². The molecule has 0 bridgehead atoms. The second kappa shape index (κ2) is 7.92. The van der Waals surface area contributed by atoms with Gasteiger partial charge in [0.05, 0.1) is 20.4 Å². The number of sulfonamides is 1. The molecule has 1 aliphatic heterocycles. The molecular formula is C18H22N2O5S. The summed E-state index contributed by atoms with van der Waals surface area (Å²) < 4.78 is 43.8. The van der Waals surface area contributed by atoms with Gasteiger partial charge in [-0.15, -0.1) is 0 Å². The summed E-state index contributed by atoms with van der Waals surface area (Å²) >= 11 is 0.